The minimum absolute atomic E-state index is 0.101. The third-order valence-corrected chi connectivity index (χ3v) is 5.14. The first-order valence-corrected chi connectivity index (χ1v) is 7.64. The van der Waals surface area contributed by atoms with Crippen LogP contribution in [0.15, 0.2) is 23.1 Å². The topological polar surface area (TPSA) is 83.5 Å². The van der Waals surface area contributed by atoms with Crippen LogP contribution in [0.4, 0.5) is 4.39 Å². The molecule has 1 fully saturated rings. The maximum absolute atomic E-state index is 13.6. The second-order valence-electron chi connectivity index (χ2n) is 5.69. The van der Waals surface area contributed by atoms with E-state index in [4.69, 9.17) is 5.11 Å². The summed E-state index contributed by atoms with van der Waals surface area (Å²) in [7, 11) is -4.04. The molecule has 1 aromatic rings. The molecule has 1 unspecified atom stereocenters. The molecule has 5 nitrogen and oxygen atoms in total. The van der Waals surface area contributed by atoms with Gasteiger partial charge in [0.25, 0.3) is 0 Å². The number of halogens is 1. The molecule has 1 aliphatic rings. The van der Waals surface area contributed by atoms with Gasteiger partial charge in [-0.2, -0.15) is 0 Å². The zero-order chi connectivity index (χ0) is 15.1. The molecule has 0 amide bonds. The standard InChI is InChI=1S/C13H16FNO4S/c1-13(2)6-9(13)7-15-20(18,19)11-5-8(12(16)17)3-4-10(11)14/h3-5,9,15H,6-7H2,1-2H3,(H,16,17). The molecule has 0 spiro atoms. The van der Waals surface area contributed by atoms with Gasteiger partial charge in [-0.15, -0.1) is 0 Å². The molecule has 7 heteroatoms. The Labute approximate surface area is 116 Å². The van der Waals surface area contributed by atoms with Gasteiger partial charge < -0.3 is 5.11 Å². The van der Waals surface area contributed by atoms with Gasteiger partial charge in [0, 0.05) is 6.54 Å². The predicted molar refractivity (Wildman–Crippen MR) is 70.4 cm³/mol. The molecule has 0 heterocycles. The van der Waals surface area contributed by atoms with Gasteiger partial charge in [-0.25, -0.2) is 22.3 Å². The first kappa shape index (κ1) is 14.9. The maximum atomic E-state index is 13.6. The van der Waals surface area contributed by atoms with E-state index in [1.54, 1.807) is 0 Å². The number of carboxylic acid groups (broad SMARTS) is 1. The molecule has 0 saturated heterocycles. The summed E-state index contributed by atoms with van der Waals surface area (Å²) in [6.07, 6.45) is 0.910. The number of hydrogen-bond donors (Lipinski definition) is 2. The minimum atomic E-state index is -4.04. The number of carboxylic acids is 1. The minimum Gasteiger partial charge on any atom is -0.478 e. The molecule has 2 N–H and O–H groups in total. The Morgan fingerprint density at radius 3 is 2.60 bits per heavy atom. The van der Waals surface area contributed by atoms with Crippen molar-refractivity contribution in [3.8, 4) is 0 Å². The van der Waals surface area contributed by atoms with Crippen LogP contribution in [0.1, 0.15) is 30.6 Å². The van der Waals surface area contributed by atoms with Crippen molar-refractivity contribution in [2.45, 2.75) is 25.2 Å². The molecular weight excluding hydrogens is 285 g/mol. The summed E-state index contributed by atoms with van der Waals surface area (Å²) in [4.78, 5) is 10.2. The lowest BCUT2D eigenvalue weighted by atomic mass is 10.1. The van der Waals surface area contributed by atoms with Gasteiger partial charge in [0.2, 0.25) is 10.0 Å². The lowest BCUT2D eigenvalue weighted by Crippen LogP contribution is -2.27. The molecule has 0 aliphatic heterocycles. The van der Waals surface area contributed by atoms with Gasteiger partial charge in [-0.1, -0.05) is 13.8 Å². The fraction of sp³-hybridized carbons (Fsp3) is 0.462. The molecule has 1 aromatic carbocycles. The monoisotopic (exact) mass is 301 g/mol. The quantitative estimate of drug-likeness (QED) is 0.869. The molecule has 1 atom stereocenters. The summed E-state index contributed by atoms with van der Waals surface area (Å²) in [5.74, 6) is -2.04. The Bertz CT molecular complexity index is 654. The van der Waals surface area contributed by atoms with E-state index in [1.807, 2.05) is 13.8 Å². The highest BCUT2D eigenvalue weighted by atomic mass is 32.2. The van der Waals surface area contributed by atoms with Gasteiger partial charge in [-0.05, 0) is 36.0 Å². The van der Waals surface area contributed by atoms with E-state index >= 15 is 0 Å². The largest absolute Gasteiger partial charge is 0.478 e. The van der Waals surface area contributed by atoms with E-state index in [9.17, 15) is 17.6 Å². The van der Waals surface area contributed by atoms with E-state index in [0.29, 0.717) is 0 Å². The van der Waals surface area contributed by atoms with Crippen LogP contribution in [0.3, 0.4) is 0 Å². The van der Waals surface area contributed by atoms with Crippen molar-refractivity contribution in [1.82, 2.24) is 4.72 Å². The highest BCUT2D eigenvalue weighted by molar-refractivity contribution is 7.89. The fourth-order valence-electron chi connectivity index (χ4n) is 2.05. The SMILES string of the molecule is CC1(C)CC1CNS(=O)(=O)c1cc(C(=O)O)ccc1F. The number of sulfonamides is 1. The summed E-state index contributed by atoms with van der Waals surface area (Å²) in [6, 6.07) is 2.71. The van der Waals surface area contributed by atoms with Crippen LogP contribution in [-0.2, 0) is 10.0 Å². The van der Waals surface area contributed by atoms with Crippen molar-refractivity contribution in [3.63, 3.8) is 0 Å². The molecular formula is C13H16FNO4S. The van der Waals surface area contributed by atoms with Crippen molar-refractivity contribution in [2.24, 2.45) is 11.3 Å². The molecule has 1 aliphatic carbocycles. The van der Waals surface area contributed by atoms with Crippen LogP contribution in [0.5, 0.6) is 0 Å². The zero-order valence-electron chi connectivity index (χ0n) is 11.2. The zero-order valence-corrected chi connectivity index (χ0v) is 12.0. The highest BCUT2D eigenvalue weighted by Gasteiger charge is 2.45. The first-order chi connectivity index (χ1) is 9.13. The second kappa shape index (κ2) is 4.82. The third-order valence-electron chi connectivity index (χ3n) is 3.70. The van der Waals surface area contributed by atoms with E-state index < -0.39 is 26.7 Å². The Balaban J connectivity index is 2.20. The molecule has 0 bridgehead atoms. The van der Waals surface area contributed by atoms with Crippen molar-refractivity contribution >= 4 is 16.0 Å². The Morgan fingerprint density at radius 1 is 1.50 bits per heavy atom. The van der Waals surface area contributed by atoms with Crippen LogP contribution in [0, 0.1) is 17.2 Å². The molecule has 0 radical (unpaired) electrons. The smallest absolute Gasteiger partial charge is 0.335 e. The molecule has 110 valence electrons. The fourth-order valence-corrected chi connectivity index (χ4v) is 3.24. The van der Waals surface area contributed by atoms with E-state index in [-0.39, 0.29) is 23.4 Å². The molecule has 0 aromatic heterocycles. The Morgan fingerprint density at radius 2 is 2.10 bits per heavy atom. The Hall–Kier alpha value is -1.47. The number of nitrogens with one attached hydrogen (secondary N) is 1. The van der Waals surface area contributed by atoms with Gasteiger partial charge >= 0.3 is 5.97 Å². The molecule has 20 heavy (non-hydrogen) atoms. The van der Waals surface area contributed by atoms with Crippen molar-refractivity contribution < 1.29 is 22.7 Å². The van der Waals surface area contributed by atoms with Gasteiger partial charge in [-0.3, -0.25) is 0 Å². The average molecular weight is 301 g/mol. The number of rotatable bonds is 5. The number of benzene rings is 1. The van der Waals surface area contributed by atoms with Crippen LogP contribution in [-0.4, -0.2) is 26.0 Å². The average Bonchev–Trinajstić information content (AvgIpc) is 2.95. The van der Waals surface area contributed by atoms with Crippen LogP contribution in [0.25, 0.3) is 0 Å². The first-order valence-electron chi connectivity index (χ1n) is 6.16. The number of hydrogen-bond acceptors (Lipinski definition) is 3. The van der Waals surface area contributed by atoms with Gasteiger partial charge in [0.15, 0.2) is 0 Å². The van der Waals surface area contributed by atoms with Gasteiger partial charge in [0.05, 0.1) is 5.56 Å². The number of carbonyl (C=O) groups is 1. The van der Waals surface area contributed by atoms with Crippen LogP contribution < -0.4 is 4.72 Å². The normalized spacial score (nSPS) is 20.6. The molecule has 1 saturated carbocycles. The highest BCUT2D eigenvalue weighted by Crippen LogP contribution is 2.51. The van der Waals surface area contributed by atoms with Crippen LogP contribution >= 0.6 is 0 Å². The van der Waals surface area contributed by atoms with E-state index in [2.05, 4.69) is 4.72 Å². The Kier molecular flexibility index (Phi) is 3.60. The third kappa shape index (κ3) is 2.99. The van der Waals surface area contributed by atoms with Crippen molar-refractivity contribution in [2.75, 3.05) is 6.54 Å². The molecule has 2 rings (SSSR count). The lowest BCUT2D eigenvalue weighted by Gasteiger charge is -2.09. The second-order valence-corrected chi connectivity index (χ2v) is 7.43. The number of aromatic carboxylic acids is 1. The summed E-state index contributed by atoms with van der Waals surface area (Å²) in [6.45, 7) is 4.28. The summed E-state index contributed by atoms with van der Waals surface area (Å²) in [5.41, 5.74) is -0.164. The predicted octanol–water partition coefficient (Wildman–Crippen LogP) is 1.85. The van der Waals surface area contributed by atoms with E-state index in [1.165, 1.54) is 0 Å². The summed E-state index contributed by atoms with van der Waals surface area (Å²) in [5, 5.41) is 8.82. The van der Waals surface area contributed by atoms with E-state index in [0.717, 1.165) is 24.6 Å². The summed E-state index contributed by atoms with van der Waals surface area (Å²) < 4.78 is 40.0. The maximum Gasteiger partial charge on any atom is 0.335 e. The summed E-state index contributed by atoms with van der Waals surface area (Å²) >= 11 is 0. The lowest BCUT2D eigenvalue weighted by molar-refractivity contribution is 0.0696. The van der Waals surface area contributed by atoms with Crippen molar-refractivity contribution in [1.29, 1.82) is 0 Å². The van der Waals surface area contributed by atoms with Crippen LogP contribution in [0.2, 0.25) is 0 Å². The van der Waals surface area contributed by atoms with Gasteiger partial charge in [0.1, 0.15) is 10.7 Å². The van der Waals surface area contributed by atoms with Crippen molar-refractivity contribution in [3.05, 3.63) is 29.6 Å².